The first kappa shape index (κ1) is 20.2. The molecule has 0 saturated carbocycles. The highest BCUT2D eigenvalue weighted by molar-refractivity contribution is 6.37. The molecule has 0 atom stereocenters. The van der Waals surface area contributed by atoms with Gasteiger partial charge in [0.2, 0.25) is 5.91 Å². The molecule has 1 heterocycles. The number of carbonyl (C=O) groups excluding carboxylic acids is 2. The second-order valence-corrected chi connectivity index (χ2v) is 7.72. The molecule has 0 fully saturated rings. The molecule has 31 heavy (non-hydrogen) atoms. The lowest BCUT2D eigenvalue weighted by molar-refractivity contribution is -0.119. The lowest BCUT2D eigenvalue weighted by Crippen LogP contribution is -2.17. The zero-order valence-electron chi connectivity index (χ0n) is 17.4. The fourth-order valence-electron chi connectivity index (χ4n) is 3.38. The van der Waals surface area contributed by atoms with Gasteiger partial charge < -0.3 is 21.7 Å². The molecular formula is C25H24N4O2. The first-order valence-corrected chi connectivity index (χ1v) is 10.1. The van der Waals surface area contributed by atoms with E-state index in [9.17, 15) is 9.59 Å². The van der Waals surface area contributed by atoms with Crippen LogP contribution in [0.15, 0.2) is 72.8 Å². The third kappa shape index (κ3) is 4.28. The number of fused-ring (bicyclic) bond motifs is 1. The van der Waals surface area contributed by atoms with Gasteiger partial charge in [-0.05, 0) is 48.0 Å². The Bertz CT molecular complexity index is 1170. The summed E-state index contributed by atoms with van der Waals surface area (Å²) in [7, 11) is 0. The van der Waals surface area contributed by atoms with E-state index in [1.165, 1.54) is 0 Å². The molecule has 156 valence electrons. The van der Waals surface area contributed by atoms with Crippen molar-refractivity contribution < 1.29 is 9.59 Å². The van der Waals surface area contributed by atoms with Crippen LogP contribution in [0.5, 0.6) is 0 Å². The third-order valence-electron chi connectivity index (χ3n) is 5.05. The zero-order valence-corrected chi connectivity index (χ0v) is 17.4. The second-order valence-electron chi connectivity index (χ2n) is 7.72. The van der Waals surface area contributed by atoms with E-state index in [2.05, 4.69) is 16.0 Å². The molecule has 5 N–H and O–H groups in total. The summed E-state index contributed by atoms with van der Waals surface area (Å²) in [4.78, 5) is 24.8. The Kier molecular flexibility index (Phi) is 5.45. The van der Waals surface area contributed by atoms with Gasteiger partial charge in [0, 0.05) is 34.2 Å². The fraction of sp³-hybridized carbons (Fsp3) is 0.120. The number of amides is 2. The molecule has 6 nitrogen and oxygen atoms in total. The number of nitrogen functional groups attached to an aromatic ring is 1. The van der Waals surface area contributed by atoms with Gasteiger partial charge in [-0.3, -0.25) is 9.59 Å². The molecule has 0 aromatic heterocycles. The summed E-state index contributed by atoms with van der Waals surface area (Å²) in [6, 6.07) is 22.5. The predicted octanol–water partition coefficient (Wildman–Crippen LogP) is 4.80. The smallest absolute Gasteiger partial charge is 0.258 e. The standard InChI is InChI=1S/C25H24N4O2/c1-15(2)24(30)28-19-11-9-18(10-12-19)27-23(16-6-4-3-5-7-16)22-20-14-17(26)8-13-21(20)29-25(22)31/h3-15,27H,26H2,1-2H3,(H,28,30)(H,29,31)/b23-22-. The van der Waals surface area contributed by atoms with E-state index < -0.39 is 0 Å². The Morgan fingerprint density at radius 1 is 0.903 bits per heavy atom. The molecule has 0 saturated heterocycles. The molecule has 4 rings (SSSR count). The number of carbonyl (C=O) groups is 2. The minimum Gasteiger partial charge on any atom is -0.399 e. The van der Waals surface area contributed by atoms with Crippen LogP contribution in [0.4, 0.5) is 22.7 Å². The fourth-order valence-corrected chi connectivity index (χ4v) is 3.38. The van der Waals surface area contributed by atoms with Gasteiger partial charge in [0.25, 0.3) is 5.91 Å². The van der Waals surface area contributed by atoms with E-state index in [0.29, 0.717) is 17.0 Å². The summed E-state index contributed by atoms with van der Waals surface area (Å²) >= 11 is 0. The summed E-state index contributed by atoms with van der Waals surface area (Å²) in [5.41, 5.74) is 11.7. The summed E-state index contributed by atoms with van der Waals surface area (Å²) in [6.45, 7) is 3.70. The summed E-state index contributed by atoms with van der Waals surface area (Å²) < 4.78 is 0. The summed E-state index contributed by atoms with van der Waals surface area (Å²) in [5.74, 6) is -0.321. The molecule has 0 aliphatic carbocycles. The molecule has 3 aromatic rings. The molecular weight excluding hydrogens is 388 g/mol. The lowest BCUT2D eigenvalue weighted by atomic mass is 9.99. The SMILES string of the molecule is CC(C)C(=O)Nc1ccc(N/C(=C2\C(=O)Nc3ccc(N)cc32)c2ccccc2)cc1. The first-order chi connectivity index (χ1) is 14.9. The maximum absolute atomic E-state index is 12.9. The van der Waals surface area contributed by atoms with Crippen LogP contribution in [0, 0.1) is 5.92 Å². The van der Waals surface area contributed by atoms with E-state index >= 15 is 0 Å². The molecule has 1 aliphatic heterocycles. The molecule has 0 bridgehead atoms. The van der Waals surface area contributed by atoms with Crippen molar-refractivity contribution in [1.82, 2.24) is 0 Å². The van der Waals surface area contributed by atoms with E-state index in [0.717, 1.165) is 28.2 Å². The van der Waals surface area contributed by atoms with Gasteiger partial charge in [-0.15, -0.1) is 0 Å². The van der Waals surface area contributed by atoms with E-state index in [1.54, 1.807) is 12.1 Å². The van der Waals surface area contributed by atoms with E-state index in [-0.39, 0.29) is 17.7 Å². The van der Waals surface area contributed by atoms with Crippen LogP contribution in [-0.4, -0.2) is 11.8 Å². The monoisotopic (exact) mass is 412 g/mol. The molecule has 0 radical (unpaired) electrons. The number of benzene rings is 3. The minimum atomic E-state index is -0.187. The highest BCUT2D eigenvalue weighted by Crippen LogP contribution is 2.38. The lowest BCUT2D eigenvalue weighted by Gasteiger charge is -2.15. The van der Waals surface area contributed by atoms with Crippen LogP contribution in [0.2, 0.25) is 0 Å². The highest BCUT2D eigenvalue weighted by Gasteiger charge is 2.28. The summed E-state index contributed by atoms with van der Waals surface area (Å²) in [6.07, 6.45) is 0. The Labute approximate surface area is 181 Å². The largest absolute Gasteiger partial charge is 0.399 e. The van der Waals surface area contributed by atoms with Gasteiger partial charge in [0.1, 0.15) is 0 Å². The van der Waals surface area contributed by atoms with Crippen molar-refractivity contribution in [2.24, 2.45) is 5.92 Å². The highest BCUT2D eigenvalue weighted by atomic mass is 16.2. The molecule has 2 amide bonds. The van der Waals surface area contributed by atoms with Gasteiger partial charge >= 0.3 is 0 Å². The number of nitrogens with two attached hydrogens (primary N) is 1. The maximum Gasteiger partial charge on any atom is 0.258 e. The molecule has 3 aromatic carbocycles. The third-order valence-corrected chi connectivity index (χ3v) is 5.05. The maximum atomic E-state index is 12.9. The zero-order chi connectivity index (χ0) is 22.0. The van der Waals surface area contributed by atoms with Crippen molar-refractivity contribution in [2.45, 2.75) is 13.8 Å². The van der Waals surface area contributed by atoms with Crippen molar-refractivity contribution in [3.05, 3.63) is 83.9 Å². The van der Waals surface area contributed by atoms with Gasteiger partial charge in [-0.1, -0.05) is 44.2 Å². The van der Waals surface area contributed by atoms with Gasteiger partial charge in [0.15, 0.2) is 0 Å². The van der Waals surface area contributed by atoms with Crippen LogP contribution in [0.1, 0.15) is 25.0 Å². The average molecular weight is 412 g/mol. The van der Waals surface area contributed by atoms with Gasteiger partial charge in [-0.2, -0.15) is 0 Å². The Morgan fingerprint density at radius 2 is 1.55 bits per heavy atom. The van der Waals surface area contributed by atoms with Crippen molar-refractivity contribution >= 4 is 45.8 Å². The molecule has 0 spiro atoms. The van der Waals surface area contributed by atoms with Crippen molar-refractivity contribution in [3.8, 4) is 0 Å². The number of nitrogens with one attached hydrogen (secondary N) is 3. The van der Waals surface area contributed by atoms with Crippen molar-refractivity contribution in [1.29, 1.82) is 0 Å². The first-order valence-electron chi connectivity index (χ1n) is 10.1. The van der Waals surface area contributed by atoms with Crippen molar-refractivity contribution in [2.75, 3.05) is 21.7 Å². The van der Waals surface area contributed by atoms with Crippen LogP contribution >= 0.6 is 0 Å². The molecule has 6 heteroatoms. The molecule has 0 unspecified atom stereocenters. The number of rotatable bonds is 5. The quantitative estimate of drug-likeness (QED) is 0.358. The minimum absolute atomic E-state index is 0.0374. The second kappa shape index (κ2) is 8.36. The average Bonchev–Trinajstić information content (AvgIpc) is 3.08. The van der Waals surface area contributed by atoms with Crippen LogP contribution in [0.25, 0.3) is 11.3 Å². The van der Waals surface area contributed by atoms with E-state index in [1.807, 2.05) is 74.5 Å². The number of anilines is 4. The van der Waals surface area contributed by atoms with Crippen LogP contribution in [0.3, 0.4) is 0 Å². The molecule has 1 aliphatic rings. The Hall–Kier alpha value is -4.06. The normalized spacial score (nSPS) is 14.1. The topological polar surface area (TPSA) is 96.2 Å². The Balaban J connectivity index is 1.73. The number of hydrogen-bond donors (Lipinski definition) is 4. The summed E-state index contributed by atoms with van der Waals surface area (Å²) in [5, 5.41) is 9.19. The van der Waals surface area contributed by atoms with Crippen LogP contribution in [-0.2, 0) is 9.59 Å². The van der Waals surface area contributed by atoms with Crippen molar-refractivity contribution in [3.63, 3.8) is 0 Å². The number of hydrogen-bond acceptors (Lipinski definition) is 4. The van der Waals surface area contributed by atoms with Gasteiger partial charge in [0.05, 0.1) is 11.3 Å². The van der Waals surface area contributed by atoms with Gasteiger partial charge in [-0.25, -0.2) is 0 Å². The Morgan fingerprint density at radius 3 is 2.19 bits per heavy atom. The predicted molar refractivity (Wildman–Crippen MR) is 126 cm³/mol. The van der Waals surface area contributed by atoms with E-state index in [4.69, 9.17) is 5.73 Å². The van der Waals surface area contributed by atoms with Crippen LogP contribution < -0.4 is 21.7 Å².